The van der Waals surface area contributed by atoms with Gasteiger partial charge in [0, 0.05) is 30.8 Å². The fraction of sp³-hybridized carbons (Fsp3) is 0.364. The van der Waals surface area contributed by atoms with Crippen LogP contribution in [0.15, 0.2) is 29.2 Å². The highest BCUT2D eigenvalue weighted by atomic mass is 32.2. The van der Waals surface area contributed by atoms with Crippen LogP contribution in [0.5, 0.6) is 0 Å². The summed E-state index contributed by atoms with van der Waals surface area (Å²) in [7, 11) is -3.18. The van der Waals surface area contributed by atoms with Gasteiger partial charge in [-0.25, -0.2) is 8.42 Å². The number of ketones is 1. The molecule has 0 saturated carbocycles. The Morgan fingerprint density at radius 1 is 1.25 bits per heavy atom. The molecule has 1 aliphatic heterocycles. The van der Waals surface area contributed by atoms with E-state index in [9.17, 15) is 13.2 Å². The van der Waals surface area contributed by atoms with E-state index in [1.165, 1.54) is 12.1 Å². The number of carbonyl (C=O) groups excluding carboxylic acids is 1. The average molecular weight is 239 g/mol. The summed E-state index contributed by atoms with van der Waals surface area (Å²) in [5.41, 5.74) is 0.582. The molecular weight excluding hydrogens is 226 g/mol. The van der Waals surface area contributed by atoms with Gasteiger partial charge in [0.1, 0.15) is 0 Å². The monoisotopic (exact) mass is 239 g/mol. The zero-order valence-corrected chi connectivity index (χ0v) is 9.75. The van der Waals surface area contributed by atoms with Gasteiger partial charge in [-0.05, 0) is 12.1 Å². The van der Waals surface area contributed by atoms with E-state index >= 15 is 0 Å². The van der Waals surface area contributed by atoms with Crippen LogP contribution in [0.4, 0.5) is 0 Å². The molecule has 1 heterocycles. The lowest BCUT2D eigenvalue weighted by Crippen LogP contribution is -2.46. The van der Waals surface area contributed by atoms with Crippen LogP contribution in [-0.4, -0.2) is 33.5 Å². The van der Waals surface area contributed by atoms with Gasteiger partial charge in [-0.15, -0.1) is 0 Å². The standard InChI is InChI=1S/C11H13NO3S/c1-16(14,15)10-4-2-8(3-5-10)11(13)9-6-12-7-9/h2-5,9,12H,6-7H2,1H3. The first-order valence-corrected chi connectivity index (χ1v) is 6.92. The van der Waals surface area contributed by atoms with E-state index in [1.54, 1.807) is 12.1 Å². The van der Waals surface area contributed by atoms with Gasteiger partial charge in [-0.1, -0.05) is 12.1 Å². The minimum absolute atomic E-state index is 0.0454. The summed E-state index contributed by atoms with van der Waals surface area (Å²) in [5.74, 6) is 0.128. The van der Waals surface area contributed by atoms with Crippen molar-refractivity contribution < 1.29 is 13.2 Å². The molecule has 0 aromatic heterocycles. The average Bonchev–Trinajstić information content (AvgIpc) is 2.14. The van der Waals surface area contributed by atoms with Crippen molar-refractivity contribution >= 4 is 15.6 Å². The number of hydrogen-bond acceptors (Lipinski definition) is 4. The Morgan fingerprint density at radius 2 is 1.81 bits per heavy atom. The molecular formula is C11H13NO3S. The van der Waals surface area contributed by atoms with Crippen molar-refractivity contribution in [3.05, 3.63) is 29.8 Å². The van der Waals surface area contributed by atoms with Gasteiger partial charge in [-0.2, -0.15) is 0 Å². The third-order valence-corrected chi connectivity index (χ3v) is 3.85. The second-order valence-corrected chi connectivity index (χ2v) is 6.03. The van der Waals surface area contributed by atoms with E-state index in [-0.39, 0.29) is 16.6 Å². The molecule has 0 amide bonds. The van der Waals surface area contributed by atoms with Gasteiger partial charge in [0.05, 0.1) is 4.90 Å². The molecule has 4 nitrogen and oxygen atoms in total. The van der Waals surface area contributed by atoms with Crippen LogP contribution in [-0.2, 0) is 9.84 Å². The SMILES string of the molecule is CS(=O)(=O)c1ccc(C(=O)C2CNC2)cc1. The lowest BCUT2D eigenvalue weighted by Gasteiger charge is -2.25. The maximum absolute atomic E-state index is 11.8. The van der Waals surface area contributed by atoms with E-state index in [0.717, 1.165) is 6.26 Å². The van der Waals surface area contributed by atoms with E-state index in [4.69, 9.17) is 0 Å². The lowest BCUT2D eigenvalue weighted by atomic mass is 9.93. The molecule has 1 aliphatic rings. The summed E-state index contributed by atoms with van der Waals surface area (Å²) in [6, 6.07) is 6.12. The number of nitrogens with one attached hydrogen (secondary N) is 1. The number of rotatable bonds is 3. The van der Waals surface area contributed by atoms with Crippen LogP contribution in [0.25, 0.3) is 0 Å². The minimum Gasteiger partial charge on any atom is -0.315 e. The van der Waals surface area contributed by atoms with Crippen molar-refractivity contribution in [2.24, 2.45) is 5.92 Å². The number of Topliss-reactive ketones (excluding diaryl/α,β-unsaturated/α-hetero) is 1. The van der Waals surface area contributed by atoms with Crippen LogP contribution >= 0.6 is 0 Å². The Bertz CT molecular complexity index is 501. The molecule has 1 aromatic rings. The maximum atomic E-state index is 11.8. The molecule has 0 unspecified atom stereocenters. The summed E-state index contributed by atoms with van der Waals surface area (Å²) in [6.45, 7) is 1.43. The predicted molar refractivity (Wildman–Crippen MR) is 60.2 cm³/mol. The second kappa shape index (κ2) is 3.99. The second-order valence-electron chi connectivity index (χ2n) is 4.02. The van der Waals surface area contributed by atoms with Crippen LogP contribution in [0.3, 0.4) is 0 Å². The molecule has 0 atom stereocenters. The first-order chi connectivity index (χ1) is 7.48. The van der Waals surface area contributed by atoms with Crippen molar-refractivity contribution in [2.45, 2.75) is 4.90 Å². The minimum atomic E-state index is -3.18. The first-order valence-electron chi connectivity index (χ1n) is 5.03. The van der Waals surface area contributed by atoms with Crippen molar-refractivity contribution in [2.75, 3.05) is 19.3 Å². The normalized spacial score (nSPS) is 16.8. The van der Waals surface area contributed by atoms with E-state index in [2.05, 4.69) is 5.32 Å². The van der Waals surface area contributed by atoms with Gasteiger partial charge in [0.15, 0.2) is 15.6 Å². The zero-order valence-electron chi connectivity index (χ0n) is 8.93. The van der Waals surface area contributed by atoms with Crippen molar-refractivity contribution in [1.29, 1.82) is 0 Å². The highest BCUT2D eigenvalue weighted by Gasteiger charge is 2.25. The number of carbonyl (C=O) groups is 1. The Morgan fingerprint density at radius 3 is 2.19 bits per heavy atom. The van der Waals surface area contributed by atoms with Gasteiger partial charge in [-0.3, -0.25) is 4.79 Å². The zero-order chi connectivity index (χ0) is 11.8. The molecule has 0 radical (unpaired) electrons. The largest absolute Gasteiger partial charge is 0.315 e. The highest BCUT2D eigenvalue weighted by molar-refractivity contribution is 7.90. The highest BCUT2D eigenvalue weighted by Crippen LogP contribution is 2.15. The Kier molecular flexibility index (Phi) is 2.82. The summed E-state index contributed by atoms with van der Waals surface area (Å²) in [4.78, 5) is 12.0. The summed E-state index contributed by atoms with van der Waals surface area (Å²) in [6.07, 6.45) is 1.15. The van der Waals surface area contributed by atoms with Gasteiger partial charge in [0.2, 0.25) is 0 Å². The molecule has 2 rings (SSSR count). The Hall–Kier alpha value is -1.20. The van der Waals surface area contributed by atoms with Crippen LogP contribution in [0.2, 0.25) is 0 Å². The molecule has 0 aliphatic carbocycles. The molecule has 86 valence electrons. The molecule has 1 fully saturated rings. The topological polar surface area (TPSA) is 63.2 Å². The summed E-state index contributed by atoms with van der Waals surface area (Å²) >= 11 is 0. The number of benzene rings is 1. The quantitative estimate of drug-likeness (QED) is 0.780. The molecule has 16 heavy (non-hydrogen) atoms. The molecule has 5 heteroatoms. The summed E-state index contributed by atoms with van der Waals surface area (Å²) < 4.78 is 22.4. The van der Waals surface area contributed by atoms with Gasteiger partial charge < -0.3 is 5.32 Å². The van der Waals surface area contributed by atoms with E-state index < -0.39 is 9.84 Å². The van der Waals surface area contributed by atoms with Gasteiger partial charge in [0.25, 0.3) is 0 Å². The maximum Gasteiger partial charge on any atom is 0.175 e. The molecule has 0 bridgehead atoms. The summed E-state index contributed by atoms with van der Waals surface area (Å²) in [5, 5.41) is 3.03. The lowest BCUT2D eigenvalue weighted by molar-refractivity contribution is 0.0878. The van der Waals surface area contributed by atoms with Crippen LogP contribution in [0, 0.1) is 5.92 Å². The fourth-order valence-electron chi connectivity index (χ4n) is 1.58. The smallest absolute Gasteiger partial charge is 0.175 e. The van der Waals surface area contributed by atoms with E-state index in [0.29, 0.717) is 18.7 Å². The van der Waals surface area contributed by atoms with Crippen molar-refractivity contribution in [3.8, 4) is 0 Å². The molecule has 0 spiro atoms. The van der Waals surface area contributed by atoms with Crippen molar-refractivity contribution in [3.63, 3.8) is 0 Å². The molecule has 1 saturated heterocycles. The predicted octanol–water partition coefficient (Wildman–Crippen LogP) is 0.492. The molecule has 1 N–H and O–H groups in total. The molecule has 1 aromatic carbocycles. The van der Waals surface area contributed by atoms with E-state index in [1.807, 2.05) is 0 Å². The third-order valence-electron chi connectivity index (χ3n) is 2.72. The van der Waals surface area contributed by atoms with Crippen molar-refractivity contribution in [1.82, 2.24) is 5.32 Å². The Balaban J connectivity index is 2.22. The Labute approximate surface area is 94.6 Å². The first kappa shape index (κ1) is 11.3. The van der Waals surface area contributed by atoms with Gasteiger partial charge >= 0.3 is 0 Å². The van der Waals surface area contributed by atoms with Crippen LogP contribution in [0.1, 0.15) is 10.4 Å². The fourth-order valence-corrected chi connectivity index (χ4v) is 2.21. The number of hydrogen-bond donors (Lipinski definition) is 1. The number of sulfone groups is 1. The third kappa shape index (κ3) is 2.15. The van der Waals surface area contributed by atoms with Crippen LogP contribution < -0.4 is 5.32 Å².